The number of hydrogen-bond acceptors (Lipinski definition) is 4. The molecule has 0 N–H and O–H groups in total. The van der Waals surface area contributed by atoms with Gasteiger partial charge in [-0.25, -0.2) is 0 Å². The molecule has 0 spiro atoms. The van der Waals surface area contributed by atoms with Crippen LogP contribution in [0, 0.1) is 0 Å². The molecule has 2 heterocycles. The van der Waals surface area contributed by atoms with E-state index < -0.39 is 0 Å². The zero-order chi connectivity index (χ0) is 48.2. The molecule has 0 saturated heterocycles. The summed E-state index contributed by atoms with van der Waals surface area (Å²) in [6, 6.07) is 34.0. The summed E-state index contributed by atoms with van der Waals surface area (Å²) in [4.78, 5) is 29.1. The maximum absolute atomic E-state index is 4.89. The van der Waals surface area contributed by atoms with Gasteiger partial charge in [0.15, 0.2) is 0 Å². The van der Waals surface area contributed by atoms with Gasteiger partial charge in [0.25, 0.3) is 0 Å². The Hall–Kier alpha value is -5.26. The van der Waals surface area contributed by atoms with Crippen LogP contribution in [0.5, 0.6) is 0 Å². The molecule has 0 saturated carbocycles. The Kier molecular flexibility index (Phi) is 20.4. The van der Waals surface area contributed by atoms with Gasteiger partial charge in [0.2, 0.25) is 0 Å². The fourth-order valence-corrected chi connectivity index (χ4v) is 8.24. The van der Waals surface area contributed by atoms with Gasteiger partial charge < -0.3 is 9.97 Å². The van der Waals surface area contributed by atoms with Crippen LogP contribution in [0.1, 0.15) is 225 Å². The van der Waals surface area contributed by atoms with Crippen LogP contribution in [-0.2, 0) is 19.5 Å². The van der Waals surface area contributed by atoms with Crippen molar-refractivity contribution in [3.63, 3.8) is 0 Å². The number of aromatic nitrogens is 2. The minimum absolute atomic E-state index is 0. The van der Waals surface area contributed by atoms with Crippen LogP contribution in [0.15, 0.2) is 117 Å². The molecule has 4 aromatic carbocycles. The van der Waals surface area contributed by atoms with Crippen LogP contribution in [-0.4, -0.2) is 24.9 Å². The minimum Gasteiger partial charge on any atom is -0.655 e. The van der Waals surface area contributed by atoms with Crippen molar-refractivity contribution < 1.29 is 19.5 Å². The van der Waals surface area contributed by atoms with Gasteiger partial charge in [-0.15, -0.1) is 22.8 Å². The molecule has 0 aliphatic heterocycles. The number of nitrogens with zero attached hydrogens (tertiary/aromatic N) is 6. The molecule has 0 fully saturated rings. The Morgan fingerprint density at radius 2 is 0.418 bits per heavy atom. The van der Waals surface area contributed by atoms with Crippen molar-refractivity contribution in [2.24, 2.45) is 20.0 Å². The summed E-state index contributed by atoms with van der Waals surface area (Å²) in [7, 11) is 0. The van der Waals surface area contributed by atoms with Crippen LogP contribution >= 0.6 is 0 Å². The monoisotopic (exact) mass is 945 g/mol. The van der Waals surface area contributed by atoms with Crippen LogP contribution < -0.4 is 9.97 Å². The number of para-hydroxylation sites is 4. The first-order valence-corrected chi connectivity index (χ1v) is 24.3. The first-order valence-electron chi connectivity index (χ1n) is 24.3. The van der Waals surface area contributed by atoms with Crippen LogP contribution in [0.25, 0.3) is 0 Å². The molecule has 0 aliphatic carbocycles. The van der Waals surface area contributed by atoms with Gasteiger partial charge in [-0.1, -0.05) is 208 Å². The van der Waals surface area contributed by atoms with E-state index >= 15 is 0 Å². The maximum atomic E-state index is 4.89. The fourth-order valence-electron chi connectivity index (χ4n) is 8.24. The van der Waals surface area contributed by atoms with Crippen LogP contribution in [0.2, 0.25) is 0 Å². The van der Waals surface area contributed by atoms with E-state index in [0.29, 0.717) is 47.3 Å². The van der Waals surface area contributed by atoms with Crippen molar-refractivity contribution >= 4 is 47.6 Å². The van der Waals surface area contributed by atoms with Crippen molar-refractivity contribution in [3.05, 3.63) is 164 Å². The van der Waals surface area contributed by atoms with E-state index in [0.717, 1.165) is 45.5 Å². The van der Waals surface area contributed by atoms with Crippen LogP contribution in [0.4, 0.5) is 22.7 Å². The van der Waals surface area contributed by atoms with Crippen molar-refractivity contribution in [3.8, 4) is 0 Å². The maximum Gasteiger partial charge on any atom is 2.00 e. The van der Waals surface area contributed by atoms with Crippen LogP contribution in [0.3, 0.4) is 0 Å². The molecule has 0 amide bonds. The molecule has 0 bridgehead atoms. The van der Waals surface area contributed by atoms with Crippen molar-refractivity contribution in [1.29, 1.82) is 0 Å². The zero-order valence-electron chi connectivity index (χ0n) is 43.6. The molecule has 6 rings (SSSR count). The van der Waals surface area contributed by atoms with Gasteiger partial charge in [-0.3, -0.25) is 20.0 Å². The molecule has 0 unspecified atom stereocenters. The molecule has 6 nitrogen and oxygen atoms in total. The van der Waals surface area contributed by atoms with E-state index in [9.17, 15) is 0 Å². The standard InChI is InChI=1S/2C30H38N3.Zn/c2*1-19(2)25-11-9-12-26(20(3)4)29(25)31-17-23-15-16-24(33-23)18-32-30-27(21(5)6)13-10-14-28(30)22(7)8;/h2*9-22H,1-8H3;/q2*-1;+2. The smallest absolute Gasteiger partial charge is 0.655 e. The summed E-state index contributed by atoms with van der Waals surface area (Å²) < 4.78 is 0. The second-order valence-corrected chi connectivity index (χ2v) is 20.0. The van der Waals surface area contributed by atoms with E-state index in [1.165, 1.54) is 44.5 Å². The SMILES string of the molecule is CC(C)c1cccc(C(C)C)c1N=Cc1ccc(C=Nc2c(C(C)C)cccc2C(C)C)[n-]1.CC(C)c1cccc(C(C)C)c1N=Cc1ccc(C=Nc2c(C(C)C)cccc2C(C)C)[n-]1.[Zn+2]. The molecule has 0 radical (unpaired) electrons. The molecular weight excluding hydrogens is 870 g/mol. The topological polar surface area (TPSA) is 77.6 Å². The van der Waals surface area contributed by atoms with E-state index in [2.05, 4.69) is 184 Å². The van der Waals surface area contributed by atoms with Gasteiger partial charge in [0.05, 0.1) is 22.7 Å². The van der Waals surface area contributed by atoms with Crippen molar-refractivity contribution in [2.45, 2.75) is 158 Å². The minimum atomic E-state index is 0. The molecule has 2 aromatic heterocycles. The summed E-state index contributed by atoms with van der Waals surface area (Å²) >= 11 is 0. The summed E-state index contributed by atoms with van der Waals surface area (Å²) in [5, 5.41) is 0. The summed E-state index contributed by atoms with van der Waals surface area (Å²) in [5.74, 6) is 3.35. The number of hydrogen-bond donors (Lipinski definition) is 0. The number of benzene rings is 4. The van der Waals surface area contributed by atoms with Gasteiger partial charge in [-0.2, -0.15) is 0 Å². The predicted molar refractivity (Wildman–Crippen MR) is 287 cm³/mol. The molecular formula is C60H76N6Zn. The normalized spacial score (nSPS) is 12.3. The van der Waals surface area contributed by atoms with E-state index in [1.54, 1.807) is 0 Å². The van der Waals surface area contributed by atoms with Gasteiger partial charge in [-0.05, 0) is 91.9 Å². The zero-order valence-corrected chi connectivity index (χ0v) is 46.5. The van der Waals surface area contributed by atoms with Gasteiger partial charge in [0, 0.05) is 24.9 Å². The molecule has 67 heavy (non-hydrogen) atoms. The fraction of sp³-hybridized carbons (Fsp3) is 0.400. The quantitative estimate of drug-likeness (QED) is 0.0716. The predicted octanol–water partition coefficient (Wildman–Crippen LogP) is 17.3. The van der Waals surface area contributed by atoms with Crippen molar-refractivity contribution in [2.75, 3.05) is 0 Å². The van der Waals surface area contributed by atoms with E-state index in [4.69, 9.17) is 29.9 Å². The Bertz CT molecular complexity index is 2160. The summed E-state index contributed by atoms with van der Waals surface area (Å²) in [6.07, 6.45) is 7.52. The largest absolute Gasteiger partial charge is 2.00 e. The third-order valence-corrected chi connectivity index (χ3v) is 12.0. The van der Waals surface area contributed by atoms with Gasteiger partial charge >= 0.3 is 19.5 Å². The Balaban J connectivity index is 0.000000288. The molecule has 6 aromatic rings. The third kappa shape index (κ3) is 14.4. The summed E-state index contributed by atoms with van der Waals surface area (Å²) in [5.41, 5.74) is 17.9. The molecule has 7 heteroatoms. The average Bonchev–Trinajstić information content (AvgIpc) is 3.94. The van der Waals surface area contributed by atoms with Gasteiger partial charge in [0.1, 0.15) is 0 Å². The molecule has 0 atom stereocenters. The first kappa shape index (κ1) is 54.3. The van der Waals surface area contributed by atoms with E-state index in [-0.39, 0.29) is 19.5 Å². The molecule has 0 aliphatic rings. The van der Waals surface area contributed by atoms with Crippen molar-refractivity contribution in [1.82, 2.24) is 9.97 Å². The Morgan fingerprint density at radius 3 is 0.552 bits per heavy atom. The average molecular weight is 947 g/mol. The second-order valence-electron chi connectivity index (χ2n) is 20.0. The Morgan fingerprint density at radius 1 is 0.269 bits per heavy atom. The summed E-state index contributed by atoms with van der Waals surface area (Å²) in [6.45, 7) is 35.5. The second kappa shape index (κ2) is 25.2. The first-order chi connectivity index (χ1) is 31.4. The molecule has 348 valence electrons. The number of rotatable bonds is 16. The Labute approximate surface area is 417 Å². The third-order valence-electron chi connectivity index (χ3n) is 12.0. The number of aliphatic imine (C=N–C) groups is 4. The van der Waals surface area contributed by atoms with E-state index in [1.807, 2.05) is 49.1 Å².